The fourth-order valence-electron chi connectivity index (χ4n) is 4.41. The first-order valence-corrected chi connectivity index (χ1v) is 13.4. The molecule has 40 heavy (non-hydrogen) atoms. The number of ether oxygens (including phenoxy) is 1. The summed E-state index contributed by atoms with van der Waals surface area (Å²) in [6.07, 6.45) is 0.141. The lowest BCUT2D eigenvalue weighted by molar-refractivity contribution is -0.130. The Bertz CT molecular complexity index is 1690. The van der Waals surface area contributed by atoms with Gasteiger partial charge in [-0.25, -0.2) is 4.79 Å². The zero-order valence-electron chi connectivity index (χ0n) is 22.1. The molecule has 0 fully saturated rings. The molecule has 8 heteroatoms. The number of allylic oxidation sites excluding steroid dienone is 1. The van der Waals surface area contributed by atoms with Crippen molar-refractivity contribution in [2.45, 2.75) is 13.0 Å². The predicted octanol–water partition coefficient (Wildman–Crippen LogP) is 6.30. The summed E-state index contributed by atoms with van der Waals surface area (Å²) in [5.41, 5.74) is 4.99. The van der Waals surface area contributed by atoms with E-state index in [0.29, 0.717) is 34.5 Å². The Labute approximate surface area is 236 Å². The van der Waals surface area contributed by atoms with Crippen molar-refractivity contribution in [1.82, 2.24) is 8.75 Å². The number of aromatic nitrogens is 2. The average Bonchev–Trinajstić information content (AvgIpc) is 3.44. The van der Waals surface area contributed by atoms with Crippen molar-refractivity contribution in [1.29, 1.82) is 0 Å². The van der Waals surface area contributed by atoms with Crippen LogP contribution in [0, 0.1) is 0 Å². The number of hydrogen-bond acceptors (Lipinski definition) is 7. The van der Waals surface area contributed by atoms with Gasteiger partial charge in [0.25, 0.3) is 0 Å². The molecule has 0 atom stereocenters. The molecule has 0 saturated heterocycles. The zero-order valence-corrected chi connectivity index (χ0v) is 22.9. The second-order valence-corrected chi connectivity index (χ2v) is 10.0. The molecule has 0 bridgehead atoms. The highest BCUT2D eigenvalue weighted by molar-refractivity contribution is 7.00. The van der Waals surface area contributed by atoms with Crippen molar-refractivity contribution in [3.8, 4) is 5.75 Å². The van der Waals surface area contributed by atoms with E-state index in [9.17, 15) is 14.7 Å². The van der Waals surface area contributed by atoms with Crippen LogP contribution in [0.3, 0.4) is 0 Å². The molecule has 0 spiro atoms. The number of ketones is 1. The van der Waals surface area contributed by atoms with Crippen molar-refractivity contribution >= 4 is 45.8 Å². The van der Waals surface area contributed by atoms with Crippen molar-refractivity contribution in [3.63, 3.8) is 0 Å². The largest absolute Gasteiger partial charge is 0.489 e. The molecule has 200 valence electrons. The Hall–Kier alpha value is -4.82. The van der Waals surface area contributed by atoms with E-state index in [0.717, 1.165) is 28.5 Å². The lowest BCUT2D eigenvalue weighted by atomic mass is 9.89. The lowest BCUT2D eigenvalue weighted by Crippen LogP contribution is -2.14. The number of rotatable bonds is 10. The van der Waals surface area contributed by atoms with Gasteiger partial charge in [0.1, 0.15) is 23.4 Å². The van der Waals surface area contributed by atoms with Gasteiger partial charge in [-0.05, 0) is 65.2 Å². The molecule has 0 radical (unpaired) electrons. The Morgan fingerprint density at radius 2 is 1.50 bits per heavy atom. The Balaban J connectivity index is 1.53. The number of carboxylic acid groups (broad SMARTS) is 1. The normalized spacial score (nSPS) is 11.7. The SMILES string of the molecule is CN(C)c1cccc(C/C(C(=O)c2ccc(OCc3ccccc3)cc2)=C(\C(=O)O)c2ccc3nsnc3c2)c1. The summed E-state index contributed by atoms with van der Waals surface area (Å²) in [5.74, 6) is -0.930. The van der Waals surface area contributed by atoms with Gasteiger partial charge in [0.2, 0.25) is 0 Å². The maximum atomic E-state index is 14.0. The van der Waals surface area contributed by atoms with Crippen LogP contribution < -0.4 is 9.64 Å². The molecule has 0 unspecified atom stereocenters. The Kier molecular flexibility index (Phi) is 7.98. The van der Waals surface area contributed by atoms with Crippen LogP contribution in [0.25, 0.3) is 16.6 Å². The summed E-state index contributed by atoms with van der Waals surface area (Å²) in [4.78, 5) is 28.7. The quantitative estimate of drug-likeness (QED) is 0.161. The number of benzene rings is 4. The van der Waals surface area contributed by atoms with Gasteiger partial charge in [0.05, 0.1) is 17.3 Å². The molecular weight excluding hydrogens is 522 g/mol. The van der Waals surface area contributed by atoms with E-state index < -0.39 is 5.97 Å². The number of aliphatic carboxylic acids is 1. The molecular formula is C32H27N3O4S. The second kappa shape index (κ2) is 11.9. The number of carbonyl (C=O) groups is 2. The van der Waals surface area contributed by atoms with Crippen LogP contribution in [-0.2, 0) is 17.8 Å². The van der Waals surface area contributed by atoms with Crippen molar-refractivity contribution in [2.24, 2.45) is 0 Å². The molecule has 5 aromatic rings. The monoisotopic (exact) mass is 549 g/mol. The fourth-order valence-corrected chi connectivity index (χ4v) is 4.93. The minimum absolute atomic E-state index is 0.0560. The van der Waals surface area contributed by atoms with Crippen LogP contribution in [0.5, 0.6) is 5.75 Å². The molecule has 1 heterocycles. The second-order valence-electron chi connectivity index (χ2n) is 9.50. The van der Waals surface area contributed by atoms with E-state index in [1.165, 1.54) is 0 Å². The molecule has 4 aromatic carbocycles. The standard InChI is InChI=1S/C32H27N3O4S/c1-35(2)25-10-6-9-22(17-25)18-27(30(32(37)38)24-13-16-28-29(19-24)34-40-33-28)31(36)23-11-14-26(15-12-23)39-20-21-7-4-3-5-8-21/h3-17,19H,18,20H2,1-2H3,(H,37,38)/b30-27+. The number of Topliss-reactive ketones (excluding diaryl/α,β-unsaturated/α-hetero) is 1. The summed E-state index contributed by atoms with van der Waals surface area (Å²) in [6, 6.07) is 29.4. The van der Waals surface area contributed by atoms with Gasteiger partial charge >= 0.3 is 5.97 Å². The van der Waals surface area contributed by atoms with E-state index >= 15 is 0 Å². The van der Waals surface area contributed by atoms with E-state index in [-0.39, 0.29) is 23.4 Å². The highest BCUT2D eigenvalue weighted by Gasteiger charge is 2.24. The molecule has 0 saturated carbocycles. The summed E-state index contributed by atoms with van der Waals surface area (Å²) < 4.78 is 14.3. The summed E-state index contributed by atoms with van der Waals surface area (Å²) in [6.45, 7) is 0.401. The van der Waals surface area contributed by atoms with Gasteiger partial charge < -0.3 is 14.7 Å². The summed E-state index contributed by atoms with van der Waals surface area (Å²) >= 11 is 1.06. The molecule has 1 N–H and O–H groups in total. The Morgan fingerprint density at radius 1 is 0.800 bits per heavy atom. The highest BCUT2D eigenvalue weighted by Crippen LogP contribution is 2.29. The first kappa shape index (κ1) is 26.8. The molecule has 0 aliphatic carbocycles. The lowest BCUT2D eigenvalue weighted by Gasteiger charge is -2.16. The summed E-state index contributed by atoms with van der Waals surface area (Å²) in [7, 11) is 3.87. The molecule has 0 aliphatic rings. The molecule has 7 nitrogen and oxygen atoms in total. The molecule has 0 amide bonds. The number of hydrogen-bond donors (Lipinski definition) is 1. The third-order valence-corrected chi connectivity index (χ3v) is 7.06. The minimum atomic E-state index is -1.18. The van der Waals surface area contributed by atoms with Crippen molar-refractivity contribution in [3.05, 3.63) is 125 Å². The maximum absolute atomic E-state index is 14.0. The van der Waals surface area contributed by atoms with Gasteiger partial charge in [-0.3, -0.25) is 4.79 Å². The minimum Gasteiger partial charge on any atom is -0.489 e. The first-order chi connectivity index (χ1) is 19.4. The predicted molar refractivity (Wildman–Crippen MR) is 158 cm³/mol. The molecule has 0 aliphatic heterocycles. The number of anilines is 1. The first-order valence-electron chi connectivity index (χ1n) is 12.7. The Morgan fingerprint density at radius 3 is 2.23 bits per heavy atom. The molecule has 5 rings (SSSR count). The van der Waals surface area contributed by atoms with E-state index in [1.807, 2.05) is 73.6 Å². The number of nitrogens with zero attached hydrogens (tertiary/aromatic N) is 3. The highest BCUT2D eigenvalue weighted by atomic mass is 32.1. The van der Waals surface area contributed by atoms with Crippen LogP contribution >= 0.6 is 11.7 Å². The number of carbonyl (C=O) groups excluding carboxylic acids is 1. The van der Waals surface area contributed by atoms with Gasteiger partial charge in [0.15, 0.2) is 5.78 Å². The number of carboxylic acids is 1. The third kappa shape index (κ3) is 6.08. The van der Waals surface area contributed by atoms with Crippen LogP contribution in [0.4, 0.5) is 5.69 Å². The van der Waals surface area contributed by atoms with Gasteiger partial charge in [-0.15, -0.1) is 0 Å². The van der Waals surface area contributed by atoms with E-state index in [1.54, 1.807) is 42.5 Å². The zero-order chi connectivity index (χ0) is 28.1. The van der Waals surface area contributed by atoms with Gasteiger partial charge in [-0.2, -0.15) is 8.75 Å². The maximum Gasteiger partial charge on any atom is 0.336 e. The van der Waals surface area contributed by atoms with Crippen LogP contribution in [0.2, 0.25) is 0 Å². The smallest absolute Gasteiger partial charge is 0.336 e. The van der Waals surface area contributed by atoms with Gasteiger partial charge in [-0.1, -0.05) is 48.5 Å². The third-order valence-electron chi connectivity index (χ3n) is 6.50. The van der Waals surface area contributed by atoms with Crippen molar-refractivity contribution in [2.75, 3.05) is 19.0 Å². The number of fused-ring (bicyclic) bond motifs is 1. The van der Waals surface area contributed by atoms with Gasteiger partial charge in [0, 0.05) is 37.3 Å². The van der Waals surface area contributed by atoms with E-state index in [4.69, 9.17) is 4.74 Å². The fraction of sp³-hybridized carbons (Fsp3) is 0.125. The topological polar surface area (TPSA) is 92.6 Å². The van der Waals surface area contributed by atoms with E-state index in [2.05, 4.69) is 8.75 Å². The van der Waals surface area contributed by atoms with Crippen LogP contribution in [0.1, 0.15) is 27.0 Å². The summed E-state index contributed by atoms with van der Waals surface area (Å²) in [5, 5.41) is 10.4. The average molecular weight is 550 g/mol. The molecule has 1 aromatic heterocycles. The van der Waals surface area contributed by atoms with Crippen LogP contribution in [0.15, 0.2) is 103 Å². The van der Waals surface area contributed by atoms with Crippen LogP contribution in [-0.4, -0.2) is 39.7 Å². The van der Waals surface area contributed by atoms with Crippen molar-refractivity contribution < 1.29 is 19.4 Å².